The van der Waals surface area contributed by atoms with Crippen LogP contribution in [0.25, 0.3) is 11.1 Å². The van der Waals surface area contributed by atoms with Crippen LogP contribution in [-0.2, 0) is 0 Å². The maximum atomic E-state index is 6.45. The number of halogens is 1. The first-order chi connectivity index (χ1) is 14.6. The third-order valence-corrected chi connectivity index (χ3v) is 5.89. The summed E-state index contributed by atoms with van der Waals surface area (Å²) in [5, 5.41) is 0.722. The molecule has 5 heteroatoms. The van der Waals surface area contributed by atoms with E-state index in [4.69, 9.17) is 17.3 Å². The van der Waals surface area contributed by atoms with E-state index in [9.17, 15) is 0 Å². The molecule has 0 amide bonds. The predicted octanol–water partition coefficient (Wildman–Crippen LogP) is 4.68. The fourth-order valence-electron chi connectivity index (χ4n) is 3.72. The van der Waals surface area contributed by atoms with Crippen LogP contribution in [0.1, 0.15) is 42.8 Å². The van der Waals surface area contributed by atoms with Crippen LogP contribution in [0.15, 0.2) is 60.9 Å². The van der Waals surface area contributed by atoms with Crippen molar-refractivity contribution in [1.82, 2.24) is 14.9 Å². The highest BCUT2D eigenvalue weighted by atomic mass is 35.5. The minimum atomic E-state index is -0.0906. The van der Waals surface area contributed by atoms with Gasteiger partial charge in [-0.2, -0.15) is 0 Å². The summed E-state index contributed by atoms with van der Waals surface area (Å²) in [5.74, 6) is 6.24. The average Bonchev–Trinajstić information content (AvgIpc) is 3.33. The van der Waals surface area contributed by atoms with E-state index in [1.165, 1.54) is 12.8 Å². The van der Waals surface area contributed by atoms with Crippen LogP contribution in [0.2, 0.25) is 5.02 Å². The number of rotatable bonds is 4. The Morgan fingerprint density at radius 1 is 0.900 bits per heavy atom. The van der Waals surface area contributed by atoms with E-state index in [0.717, 1.165) is 46.2 Å². The largest absolute Gasteiger partial charge is 0.321 e. The van der Waals surface area contributed by atoms with E-state index < -0.39 is 0 Å². The lowest BCUT2D eigenvalue weighted by Crippen LogP contribution is -2.39. The summed E-state index contributed by atoms with van der Waals surface area (Å²) in [6.07, 6.45) is 6.13. The van der Waals surface area contributed by atoms with Gasteiger partial charge in [-0.3, -0.25) is 9.88 Å². The molecule has 1 saturated heterocycles. The van der Waals surface area contributed by atoms with Crippen LogP contribution in [-0.4, -0.2) is 34.0 Å². The smallest absolute Gasteiger partial charge is 0.113 e. The van der Waals surface area contributed by atoms with Gasteiger partial charge in [0.1, 0.15) is 5.69 Å². The zero-order valence-electron chi connectivity index (χ0n) is 17.1. The second-order valence-corrected chi connectivity index (χ2v) is 8.11. The molecule has 0 radical (unpaired) electrons. The monoisotopic (exact) mass is 416 g/mol. The molecule has 4 rings (SSSR count). The Kier molecular flexibility index (Phi) is 6.44. The molecule has 1 aliphatic heterocycles. The lowest BCUT2D eigenvalue weighted by atomic mass is 10.0. The van der Waals surface area contributed by atoms with Crippen molar-refractivity contribution in [2.75, 3.05) is 13.1 Å². The summed E-state index contributed by atoms with van der Waals surface area (Å²) in [5.41, 5.74) is 11.0. The quantitative estimate of drug-likeness (QED) is 0.627. The molecule has 3 aromatic rings. The first-order valence-corrected chi connectivity index (χ1v) is 10.7. The van der Waals surface area contributed by atoms with Gasteiger partial charge >= 0.3 is 0 Å². The number of hydrogen-bond acceptors (Lipinski definition) is 4. The van der Waals surface area contributed by atoms with Crippen LogP contribution in [0.5, 0.6) is 0 Å². The Morgan fingerprint density at radius 2 is 1.63 bits per heavy atom. The molecule has 0 bridgehead atoms. The molecular weight excluding hydrogens is 392 g/mol. The van der Waals surface area contributed by atoms with Crippen molar-refractivity contribution in [1.29, 1.82) is 0 Å². The molecule has 0 aliphatic carbocycles. The normalized spacial score (nSPS) is 16.0. The van der Waals surface area contributed by atoms with Gasteiger partial charge in [0, 0.05) is 34.6 Å². The third kappa shape index (κ3) is 4.88. The SMILES string of the molecule is CC(C(N)c1ccc(C#Cc2ccc(-c3ccc(Cl)cc3)cn2)cn1)N1CCCC1. The van der Waals surface area contributed by atoms with Gasteiger partial charge < -0.3 is 5.73 Å². The van der Waals surface area contributed by atoms with Gasteiger partial charge in [-0.1, -0.05) is 35.7 Å². The molecule has 1 aliphatic rings. The number of benzene rings is 1. The summed E-state index contributed by atoms with van der Waals surface area (Å²) in [4.78, 5) is 11.5. The number of hydrogen-bond donors (Lipinski definition) is 1. The zero-order chi connectivity index (χ0) is 20.9. The maximum Gasteiger partial charge on any atom is 0.113 e. The van der Waals surface area contributed by atoms with Crippen LogP contribution < -0.4 is 5.73 Å². The van der Waals surface area contributed by atoms with E-state index in [1.54, 1.807) is 6.20 Å². The summed E-state index contributed by atoms with van der Waals surface area (Å²) in [6.45, 7) is 4.44. The van der Waals surface area contributed by atoms with Crippen molar-refractivity contribution >= 4 is 11.6 Å². The number of nitrogens with two attached hydrogens (primary N) is 1. The van der Waals surface area contributed by atoms with E-state index in [2.05, 4.69) is 33.6 Å². The molecule has 1 aromatic carbocycles. The van der Waals surface area contributed by atoms with Gasteiger partial charge in [-0.05, 0) is 74.7 Å². The van der Waals surface area contributed by atoms with E-state index >= 15 is 0 Å². The highest BCUT2D eigenvalue weighted by molar-refractivity contribution is 6.30. The molecule has 2 aromatic heterocycles. The Labute approximate surface area is 183 Å². The van der Waals surface area contributed by atoms with Crippen molar-refractivity contribution in [3.05, 3.63) is 82.9 Å². The number of nitrogens with zero attached hydrogens (tertiary/aromatic N) is 3. The Balaban J connectivity index is 1.42. The first-order valence-electron chi connectivity index (χ1n) is 10.3. The summed E-state index contributed by atoms with van der Waals surface area (Å²) in [7, 11) is 0. The maximum absolute atomic E-state index is 6.45. The fourth-order valence-corrected chi connectivity index (χ4v) is 3.84. The summed E-state index contributed by atoms with van der Waals surface area (Å²) in [6, 6.07) is 15.8. The Morgan fingerprint density at radius 3 is 2.27 bits per heavy atom. The van der Waals surface area contributed by atoms with Crippen molar-refractivity contribution < 1.29 is 0 Å². The highest BCUT2D eigenvalue weighted by Crippen LogP contribution is 2.22. The van der Waals surface area contributed by atoms with Crippen LogP contribution >= 0.6 is 11.6 Å². The molecule has 1 fully saturated rings. The fraction of sp³-hybridized carbons (Fsp3) is 0.280. The first kappa shape index (κ1) is 20.6. The standard InChI is InChI=1S/C25H25ClN4/c1-18(30-14-2-3-15-30)25(27)24-13-5-19(16-29-24)4-11-23-12-8-21(17-28-23)20-6-9-22(26)10-7-20/h5-10,12-13,16-18,25H,2-3,14-15,27H2,1H3. The van der Waals surface area contributed by atoms with Crippen molar-refractivity contribution in [2.45, 2.75) is 31.8 Å². The Hall–Kier alpha value is -2.71. The van der Waals surface area contributed by atoms with Crippen LogP contribution in [0.4, 0.5) is 0 Å². The average molecular weight is 417 g/mol. The highest BCUT2D eigenvalue weighted by Gasteiger charge is 2.24. The molecule has 2 N–H and O–H groups in total. The molecule has 4 nitrogen and oxygen atoms in total. The molecule has 3 heterocycles. The van der Waals surface area contributed by atoms with Crippen molar-refractivity contribution in [3.63, 3.8) is 0 Å². The van der Waals surface area contributed by atoms with Crippen molar-refractivity contribution in [3.8, 4) is 23.0 Å². The van der Waals surface area contributed by atoms with Gasteiger partial charge in [0.2, 0.25) is 0 Å². The molecule has 30 heavy (non-hydrogen) atoms. The van der Waals surface area contributed by atoms with Gasteiger partial charge in [-0.15, -0.1) is 0 Å². The predicted molar refractivity (Wildman–Crippen MR) is 122 cm³/mol. The topological polar surface area (TPSA) is 55.0 Å². The summed E-state index contributed by atoms with van der Waals surface area (Å²) < 4.78 is 0. The van der Waals surface area contributed by atoms with Crippen LogP contribution in [0, 0.1) is 11.8 Å². The van der Waals surface area contributed by atoms with Gasteiger partial charge in [-0.25, -0.2) is 4.98 Å². The molecule has 0 saturated carbocycles. The van der Waals surface area contributed by atoms with E-state index in [1.807, 2.05) is 54.7 Å². The van der Waals surface area contributed by atoms with Crippen LogP contribution in [0.3, 0.4) is 0 Å². The van der Waals surface area contributed by atoms with Gasteiger partial charge in [0.05, 0.1) is 11.7 Å². The second kappa shape index (κ2) is 9.40. The molecule has 152 valence electrons. The van der Waals surface area contributed by atoms with Crippen molar-refractivity contribution in [2.24, 2.45) is 5.73 Å². The third-order valence-electron chi connectivity index (χ3n) is 5.64. The molecular formula is C25H25ClN4. The van der Waals surface area contributed by atoms with Gasteiger partial charge in [0.25, 0.3) is 0 Å². The number of pyridine rings is 2. The zero-order valence-corrected chi connectivity index (χ0v) is 17.8. The Bertz CT molecular complexity index is 1030. The summed E-state index contributed by atoms with van der Waals surface area (Å²) >= 11 is 5.95. The second-order valence-electron chi connectivity index (χ2n) is 7.67. The van der Waals surface area contributed by atoms with Gasteiger partial charge in [0.15, 0.2) is 0 Å². The molecule has 2 unspecified atom stereocenters. The lowest BCUT2D eigenvalue weighted by molar-refractivity contribution is 0.225. The van der Waals surface area contributed by atoms with E-state index in [-0.39, 0.29) is 6.04 Å². The molecule has 2 atom stereocenters. The minimum Gasteiger partial charge on any atom is -0.321 e. The number of likely N-dealkylation sites (tertiary alicyclic amines) is 1. The lowest BCUT2D eigenvalue weighted by Gasteiger charge is -2.28. The van der Waals surface area contributed by atoms with E-state index in [0.29, 0.717) is 6.04 Å². The molecule has 0 spiro atoms. The minimum absolute atomic E-state index is 0.0906. The number of aromatic nitrogens is 2.